The van der Waals surface area contributed by atoms with E-state index in [0.29, 0.717) is 6.61 Å². The van der Waals surface area contributed by atoms with Gasteiger partial charge in [-0.05, 0) is 18.9 Å². The molecule has 1 aliphatic rings. The maximum absolute atomic E-state index is 5.09. The van der Waals surface area contributed by atoms with Gasteiger partial charge in [0.05, 0.1) is 12.3 Å². The highest BCUT2D eigenvalue weighted by Gasteiger charge is 2.12. The number of nitrogens with zero attached hydrogens (tertiary/aromatic N) is 3. The smallest absolute Gasteiger partial charge is 0.225 e. The summed E-state index contributed by atoms with van der Waals surface area (Å²) in [6.45, 7) is 2.72. The fraction of sp³-hybridized carbons (Fsp3) is 0.667. The molecule has 0 radical (unpaired) electrons. The normalized spacial score (nSPS) is 17.2. The lowest BCUT2D eigenvalue weighted by Gasteiger charge is -2.20. The summed E-state index contributed by atoms with van der Waals surface area (Å²) in [4.78, 5) is 11.1. The van der Waals surface area contributed by atoms with E-state index in [4.69, 9.17) is 4.74 Å². The summed E-state index contributed by atoms with van der Waals surface area (Å²) >= 11 is 0. The molecule has 4 nitrogen and oxygen atoms in total. The van der Waals surface area contributed by atoms with E-state index in [1.807, 2.05) is 12.3 Å². The molecule has 0 aromatic carbocycles. The van der Waals surface area contributed by atoms with Crippen molar-refractivity contribution in [3.8, 4) is 0 Å². The van der Waals surface area contributed by atoms with Gasteiger partial charge < -0.3 is 9.64 Å². The quantitative estimate of drug-likeness (QED) is 0.782. The predicted octanol–water partition coefficient (Wildman–Crippen LogP) is 2.00. The number of ether oxygens (including phenoxy) is 1. The Kier molecular flexibility index (Phi) is 4.10. The summed E-state index contributed by atoms with van der Waals surface area (Å²) in [5, 5.41) is 0. The van der Waals surface area contributed by atoms with Gasteiger partial charge in [-0.2, -0.15) is 0 Å². The molecule has 2 heterocycles. The average molecular weight is 221 g/mol. The number of methoxy groups -OCH3 is 1. The monoisotopic (exact) mass is 221 g/mol. The summed E-state index contributed by atoms with van der Waals surface area (Å²) in [7, 11) is 1.69. The fourth-order valence-corrected chi connectivity index (χ4v) is 2.04. The Morgan fingerprint density at radius 2 is 2.00 bits per heavy atom. The molecule has 1 aliphatic heterocycles. The Balaban J connectivity index is 2.08. The van der Waals surface area contributed by atoms with E-state index in [9.17, 15) is 0 Å². The van der Waals surface area contributed by atoms with Gasteiger partial charge in [0, 0.05) is 26.4 Å². The highest BCUT2D eigenvalue weighted by atomic mass is 16.5. The highest BCUT2D eigenvalue weighted by molar-refractivity contribution is 5.30. The molecule has 1 fully saturated rings. The Morgan fingerprint density at radius 1 is 1.25 bits per heavy atom. The first-order valence-electron chi connectivity index (χ1n) is 5.96. The third-order valence-corrected chi connectivity index (χ3v) is 2.88. The van der Waals surface area contributed by atoms with Crippen molar-refractivity contribution >= 4 is 5.95 Å². The van der Waals surface area contributed by atoms with E-state index in [1.54, 1.807) is 7.11 Å². The van der Waals surface area contributed by atoms with Crippen LogP contribution in [-0.4, -0.2) is 30.2 Å². The van der Waals surface area contributed by atoms with Gasteiger partial charge in [0.25, 0.3) is 0 Å². The molecule has 0 unspecified atom stereocenters. The highest BCUT2D eigenvalue weighted by Crippen LogP contribution is 2.15. The van der Waals surface area contributed by atoms with Crippen molar-refractivity contribution in [1.29, 1.82) is 0 Å². The maximum atomic E-state index is 5.09. The summed E-state index contributed by atoms with van der Waals surface area (Å²) in [5.41, 5.74) is 0.955. The van der Waals surface area contributed by atoms with Crippen molar-refractivity contribution in [3.63, 3.8) is 0 Å². The van der Waals surface area contributed by atoms with Crippen molar-refractivity contribution < 1.29 is 4.74 Å². The van der Waals surface area contributed by atoms with Crippen LogP contribution in [0.2, 0.25) is 0 Å². The molecular weight excluding hydrogens is 202 g/mol. The van der Waals surface area contributed by atoms with Crippen molar-refractivity contribution in [3.05, 3.63) is 18.0 Å². The van der Waals surface area contributed by atoms with Crippen LogP contribution in [0.15, 0.2) is 12.3 Å². The van der Waals surface area contributed by atoms with Crippen LogP contribution in [-0.2, 0) is 11.3 Å². The molecule has 2 rings (SSSR count). The lowest BCUT2D eigenvalue weighted by molar-refractivity contribution is 0.181. The molecule has 0 aliphatic carbocycles. The second kappa shape index (κ2) is 5.80. The zero-order valence-electron chi connectivity index (χ0n) is 9.85. The first-order chi connectivity index (χ1) is 7.90. The first kappa shape index (κ1) is 11.3. The van der Waals surface area contributed by atoms with Crippen LogP contribution in [0.4, 0.5) is 5.95 Å². The lowest BCUT2D eigenvalue weighted by atomic mass is 10.2. The molecule has 0 spiro atoms. The van der Waals surface area contributed by atoms with Gasteiger partial charge in [0.2, 0.25) is 5.95 Å². The van der Waals surface area contributed by atoms with E-state index in [2.05, 4.69) is 14.9 Å². The van der Waals surface area contributed by atoms with Crippen LogP contribution in [0.3, 0.4) is 0 Å². The number of aromatic nitrogens is 2. The summed E-state index contributed by atoms with van der Waals surface area (Å²) in [6.07, 6.45) is 6.97. The van der Waals surface area contributed by atoms with Crippen molar-refractivity contribution in [2.75, 3.05) is 25.1 Å². The van der Waals surface area contributed by atoms with E-state index in [1.165, 1.54) is 25.7 Å². The standard InChI is InChI=1S/C12H19N3O/c1-16-10-11-6-7-13-12(14-11)15-8-4-2-3-5-9-15/h6-7H,2-5,8-10H2,1H3. The van der Waals surface area contributed by atoms with Crippen LogP contribution in [0.25, 0.3) is 0 Å². The van der Waals surface area contributed by atoms with Crippen molar-refractivity contribution in [2.24, 2.45) is 0 Å². The topological polar surface area (TPSA) is 38.2 Å². The molecule has 0 amide bonds. The molecule has 0 atom stereocenters. The molecule has 1 aromatic heterocycles. The zero-order chi connectivity index (χ0) is 11.2. The molecule has 16 heavy (non-hydrogen) atoms. The number of hydrogen-bond donors (Lipinski definition) is 0. The van der Waals surface area contributed by atoms with Crippen molar-refractivity contribution in [2.45, 2.75) is 32.3 Å². The van der Waals surface area contributed by atoms with Crippen molar-refractivity contribution in [1.82, 2.24) is 9.97 Å². The van der Waals surface area contributed by atoms with Crippen LogP contribution in [0.5, 0.6) is 0 Å². The van der Waals surface area contributed by atoms with Gasteiger partial charge in [-0.1, -0.05) is 12.8 Å². The van der Waals surface area contributed by atoms with Gasteiger partial charge in [0.1, 0.15) is 0 Å². The van der Waals surface area contributed by atoms with Crippen LogP contribution in [0, 0.1) is 0 Å². The minimum Gasteiger partial charge on any atom is -0.378 e. The molecule has 4 heteroatoms. The minimum absolute atomic E-state index is 0.559. The van der Waals surface area contributed by atoms with E-state index in [-0.39, 0.29) is 0 Å². The molecule has 88 valence electrons. The Bertz CT molecular complexity index is 322. The largest absolute Gasteiger partial charge is 0.378 e. The Labute approximate surface area is 96.7 Å². The maximum Gasteiger partial charge on any atom is 0.225 e. The molecule has 0 N–H and O–H groups in total. The predicted molar refractivity (Wildman–Crippen MR) is 63.4 cm³/mol. The van der Waals surface area contributed by atoms with Gasteiger partial charge in [-0.15, -0.1) is 0 Å². The number of anilines is 1. The van der Waals surface area contributed by atoms with Gasteiger partial charge in [-0.25, -0.2) is 9.97 Å². The van der Waals surface area contributed by atoms with Gasteiger partial charge in [0.15, 0.2) is 0 Å². The summed E-state index contributed by atoms with van der Waals surface area (Å²) in [6, 6.07) is 1.91. The Morgan fingerprint density at radius 3 is 2.69 bits per heavy atom. The second-order valence-electron chi connectivity index (χ2n) is 4.18. The SMILES string of the molecule is COCc1ccnc(N2CCCCCC2)n1. The first-order valence-corrected chi connectivity index (χ1v) is 5.96. The van der Waals surface area contributed by atoms with Crippen LogP contribution in [0.1, 0.15) is 31.4 Å². The zero-order valence-corrected chi connectivity index (χ0v) is 9.85. The van der Waals surface area contributed by atoms with Gasteiger partial charge in [-0.3, -0.25) is 0 Å². The molecule has 1 aromatic rings. The molecule has 1 saturated heterocycles. The Hall–Kier alpha value is -1.16. The average Bonchev–Trinajstić information content (AvgIpc) is 2.58. The van der Waals surface area contributed by atoms with Gasteiger partial charge >= 0.3 is 0 Å². The van der Waals surface area contributed by atoms with E-state index in [0.717, 1.165) is 24.7 Å². The van der Waals surface area contributed by atoms with E-state index >= 15 is 0 Å². The lowest BCUT2D eigenvalue weighted by Crippen LogP contribution is -2.26. The van der Waals surface area contributed by atoms with Crippen LogP contribution < -0.4 is 4.90 Å². The summed E-state index contributed by atoms with van der Waals surface area (Å²) in [5.74, 6) is 0.858. The van der Waals surface area contributed by atoms with Crippen LogP contribution >= 0.6 is 0 Å². The molecular formula is C12H19N3O. The second-order valence-corrected chi connectivity index (χ2v) is 4.18. The fourth-order valence-electron chi connectivity index (χ4n) is 2.04. The molecule has 0 bridgehead atoms. The third kappa shape index (κ3) is 2.92. The number of hydrogen-bond acceptors (Lipinski definition) is 4. The minimum atomic E-state index is 0.559. The summed E-state index contributed by atoms with van der Waals surface area (Å²) < 4.78 is 5.09. The molecule has 0 saturated carbocycles. The van der Waals surface area contributed by atoms with E-state index < -0.39 is 0 Å². The number of rotatable bonds is 3. The third-order valence-electron chi connectivity index (χ3n) is 2.88.